The maximum absolute atomic E-state index is 8.93. The quantitative estimate of drug-likeness (QED) is 0.871. The molecule has 0 unspecified atom stereocenters. The Morgan fingerprint density at radius 3 is 2.59 bits per heavy atom. The number of hydrogen-bond acceptors (Lipinski definition) is 3. The van der Waals surface area contributed by atoms with Gasteiger partial charge in [-0.25, -0.2) is 0 Å². The molecule has 0 bridgehead atoms. The summed E-state index contributed by atoms with van der Waals surface area (Å²) in [7, 11) is 3.53. The third-order valence-corrected chi connectivity index (χ3v) is 2.73. The van der Waals surface area contributed by atoms with E-state index in [2.05, 4.69) is 5.10 Å². The normalized spacial score (nSPS) is 10.5. The van der Waals surface area contributed by atoms with E-state index in [9.17, 15) is 0 Å². The zero-order valence-corrected chi connectivity index (χ0v) is 10.1. The predicted octanol–water partition coefficient (Wildman–Crippen LogP) is 1.63. The number of aryl methyl sites for hydroxylation is 1. The summed E-state index contributed by atoms with van der Waals surface area (Å²) < 4.78 is 6.92. The first-order valence-electron chi connectivity index (χ1n) is 5.53. The smallest absolute Gasteiger partial charge is 0.118 e. The van der Waals surface area contributed by atoms with Crippen molar-refractivity contribution in [1.29, 1.82) is 0 Å². The summed E-state index contributed by atoms with van der Waals surface area (Å²) in [6.07, 6.45) is 0.625. The number of aromatic nitrogens is 2. The van der Waals surface area contributed by atoms with Crippen molar-refractivity contribution in [3.05, 3.63) is 36.0 Å². The molecule has 1 aromatic heterocycles. The van der Waals surface area contributed by atoms with Crippen molar-refractivity contribution in [2.45, 2.75) is 6.42 Å². The van der Waals surface area contributed by atoms with Gasteiger partial charge < -0.3 is 9.84 Å². The van der Waals surface area contributed by atoms with E-state index in [0.717, 1.165) is 22.7 Å². The Morgan fingerprint density at radius 1 is 1.29 bits per heavy atom. The second-order valence-electron chi connectivity index (χ2n) is 3.85. The third-order valence-electron chi connectivity index (χ3n) is 2.73. The topological polar surface area (TPSA) is 47.3 Å². The van der Waals surface area contributed by atoms with E-state index in [1.54, 1.807) is 11.8 Å². The first kappa shape index (κ1) is 11.7. The van der Waals surface area contributed by atoms with Crippen molar-refractivity contribution in [3.63, 3.8) is 0 Å². The van der Waals surface area contributed by atoms with Gasteiger partial charge in [-0.15, -0.1) is 0 Å². The fourth-order valence-corrected chi connectivity index (χ4v) is 1.76. The minimum atomic E-state index is 0.140. The Kier molecular flexibility index (Phi) is 3.44. The summed E-state index contributed by atoms with van der Waals surface area (Å²) in [5.41, 5.74) is 2.99. The minimum absolute atomic E-state index is 0.140. The highest BCUT2D eigenvalue weighted by atomic mass is 16.5. The van der Waals surface area contributed by atoms with Crippen LogP contribution in [-0.4, -0.2) is 28.6 Å². The molecule has 0 aliphatic heterocycles. The van der Waals surface area contributed by atoms with Gasteiger partial charge in [-0.2, -0.15) is 5.10 Å². The summed E-state index contributed by atoms with van der Waals surface area (Å²) in [6.45, 7) is 0.140. The van der Waals surface area contributed by atoms with Gasteiger partial charge in [-0.1, -0.05) is 0 Å². The van der Waals surface area contributed by atoms with Gasteiger partial charge in [0.15, 0.2) is 0 Å². The van der Waals surface area contributed by atoms with E-state index in [1.165, 1.54) is 0 Å². The predicted molar refractivity (Wildman–Crippen MR) is 66.0 cm³/mol. The lowest BCUT2D eigenvalue weighted by molar-refractivity contribution is 0.296. The van der Waals surface area contributed by atoms with Crippen molar-refractivity contribution >= 4 is 0 Å². The highest BCUT2D eigenvalue weighted by Gasteiger charge is 2.06. The number of rotatable bonds is 4. The Balaban J connectivity index is 2.29. The number of hydrogen-bond donors (Lipinski definition) is 1. The molecule has 2 rings (SSSR count). The molecular formula is C13H16N2O2. The fraction of sp³-hybridized carbons (Fsp3) is 0.308. The first-order chi connectivity index (χ1) is 8.24. The highest BCUT2D eigenvalue weighted by molar-refractivity contribution is 5.60. The van der Waals surface area contributed by atoms with E-state index in [1.807, 2.05) is 37.4 Å². The van der Waals surface area contributed by atoms with Gasteiger partial charge in [0, 0.05) is 31.3 Å². The van der Waals surface area contributed by atoms with E-state index >= 15 is 0 Å². The van der Waals surface area contributed by atoms with Gasteiger partial charge in [-0.05, 0) is 30.3 Å². The molecular weight excluding hydrogens is 216 g/mol. The Hall–Kier alpha value is -1.81. The van der Waals surface area contributed by atoms with Crippen LogP contribution < -0.4 is 4.74 Å². The number of ether oxygens (including phenoxy) is 1. The molecule has 4 nitrogen and oxygen atoms in total. The molecule has 4 heteroatoms. The van der Waals surface area contributed by atoms with Crippen LogP contribution in [0, 0.1) is 0 Å². The average molecular weight is 232 g/mol. The van der Waals surface area contributed by atoms with Crippen molar-refractivity contribution in [1.82, 2.24) is 9.78 Å². The van der Waals surface area contributed by atoms with Crippen LogP contribution >= 0.6 is 0 Å². The first-order valence-corrected chi connectivity index (χ1v) is 5.53. The number of nitrogens with zero attached hydrogens (tertiary/aromatic N) is 2. The molecule has 90 valence electrons. The van der Waals surface area contributed by atoms with E-state index in [0.29, 0.717) is 6.42 Å². The van der Waals surface area contributed by atoms with Gasteiger partial charge in [0.25, 0.3) is 0 Å². The minimum Gasteiger partial charge on any atom is -0.497 e. The molecule has 0 saturated heterocycles. The largest absolute Gasteiger partial charge is 0.497 e. The summed E-state index contributed by atoms with van der Waals surface area (Å²) in [5.74, 6) is 0.834. The second-order valence-corrected chi connectivity index (χ2v) is 3.85. The zero-order chi connectivity index (χ0) is 12.3. The molecule has 0 aliphatic carbocycles. The SMILES string of the molecule is COc1ccc(-c2cc(CCO)n(C)n2)cc1. The molecule has 1 heterocycles. The maximum atomic E-state index is 8.93. The van der Waals surface area contributed by atoms with E-state index in [4.69, 9.17) is 9.84 Å². The molecule has 0 aliphatic rings. The number of methoxy groups -OCH3 is 1. The van der Waals surface area contributed by atoms with Gasteiger partial charge >= 0.3 is 0 Å². The van der Waals surface area contributed by atoms with E-state index < -0.39 is 0 Å². The third kappa shape index (κ3) is 2.47. The van der Waals surface area contributed by atoms with Gasteiger partial charge in [0.05, 0.1) is 12.8 Å². The standard InChI is InChI=1S/C13H16N2O2/c1-15-11(7-8-16)9-13(14-15)10-3-5-12(17-2)6-4-10/h3-6,9,16H,7-8H2,1-2H3. The Bertz CT molecular complexity index is 489. The molecule has 0 spiro atoms. The van der Waals surface area contributed by atoms with Crippen LogP contribution in [0.15, 0.2) is 30.3 Å². The lowest BCUT2D eigenvalue weighted by atomic mass is 10.1. The highest BCUT2D eigenvalue weighted by Crippen LogP contribution is 2.21. The van der Waals surface area contributed by atoms with Crippen LogP contribution in [0.1, 0.15) is 5.69 Å². The van der Waals surface area contributed by atoms with Crippen molar-refractivity contribution in [2.75, 3.05) is 13.7 Å². The second kappa shape index (κ2) is 5.01. The summed E-state index contributed by atoms with van der Waals surface area (Å²) in [6, 6.07) is 9.78. The number of benzene rings is 1. The van der Waals surface area contributed by atoms with Gasteiger partial charge in [-0.3, -0.25) is 4.68 Å². The van der Waals surface area contributed by atoms with Crippen LogP contribution in [0.3, 0.4) is 0 Å². The summed E-state index contributed by atoms with van der Waals surface area (Å²) in [4.78, 5) is 0. The van der Waals surface area contributed by atoms with Crippen LogP contribution in [0.2, 0.25) is 0 Å². The van der Waals surface area contributed by atoms with Crippen LogP contribution in [0.4, 0.5) is 0 Å². The maximum Gasteiger partial charge on any atom is 0.118 e. The average Bonchev–Trinajstić information content (AvgIpc) is 2.72. The lowest BCUT2D eigenvalue weighted by Crippen LogP contribution is -2.00. The number of aliphatic hydroxyl groups excluding tert-OH is 1. The van der Waals surface area contributed by atoms with Crippen LogP contribution in [-0.2, 0) is 13.5 Å². The molecule has 0 amide bonds. The molecule has 0 atom stereocenters. The summed E-state index contributed by atoms with van der Waals surface area (Å²) in [5, 5.41) is 13.4. The van der Waals surface area contributed by atoms with Crippen molar-refractivity contribution in [3.8, 4) is 17.0 Å². The molecule has 1 aromatic carbocycles. The van der Waals surface area contributed by atoms with Crippen LogP contribution in [0.5, 0.6) is 5.75 Å². The van der Waals surface area contributed by atoms with E-state index in [-0.39, 0.29) is 6.61 Å². The molecule has 17 heavy (non-hydrogen) atoms. The van der Waals surface area contributed by atoms with Crippen molar-refractivity contribution in [2.24, 2.45) is 7.05 Å². The monoisotopic (exact) mass is 232 g/mol. The van der Waals surface area contributed by atoms with Crippen LogP contribution in [0.25, 0.3) is 11.3 Å². The van der Waals surface area contributed by atoms with Gasteiger partial charge in [0.1, 0.15) is 5.75 Å². The zero-order valence-electron chi connectivity index (χ0n) is 10.1. The Labute approximate surface area is 100 Å². The molecule has 2 aromatic rings. The Morgan fingerprint density at radius 2 is 2.00 bits per heavy atom. The molecule has 0 radical (unpaired) electrons. The molecule has 0 saturated carbocycles. The molecule has 1 N–H and O–H groups in total. The lowest BCUT2D eigenvalue weighted by Gasteiger charge is -2.00. The summed E-state index contributed by atoms with van der Waals surface area (Å²) >= 11 is 0. The fourth-order valence-electron chi connectivity index (χ4n) is 1.76. The van der Waals surface area contributed by atoms with Crippen molar-refractivity contribution < 1.29 is 9.84 Å². The number of aliphatic hydroxyl groups is 1. The molecule has 0 fully saturated rings. The van der Waals surface area contributed by atoms with Gasteiger partial charge in [0.2, 0.25) is 0 Å².